The van der Waals surface area contributed by atoms with Crippen LogP contribution >= 0.6 is 0 Å². The van der Waals surface area contributed by atoms with Crippen LogP contribution in [0.2, 0.25) is 0 Å². The summed E-state index contributed by atoms with van der Waals surface area (Å²) in [6, 6.07) is 5.39. The van der Waals surface area contributed by atoms with E-state index in [2.05, 4.69) is 10.5 Å². The molecule has 1 amide bonds. The lowest BCUT2D eigenvalue weighted by atomic mass is 10.0. The van der Waals surface area contributed by atoms with Gasteiger partial charge in [0, 0.05) is 23.9 Å². The van der Waals surface area contributed by atoms with Crippen molar-refractivity contribution < 1.29 is 18.8 Å². The lowest BCUT2D eigenvalue weighted by Crippen LogP contribution is -2.27. The third-order valence-corrected chi connectivity index (χ3v) is 3.86. The molecule has 138 valence electrons. The van der Waals surface area contributed by atoms with Crippen molar-refractivity contribution in [1.29, 1.82) is 5.41 Å². The first-order valence-corrected chi connectivity index (χ1v) is 8.56. The fourth-order valence-corrected chi connectivity index (χ4v) is 2.56. The number of carbonyl (C=O) groups is 1. The van der Waals surface area contributed by atoms with Crippen molar-refractivity contribution in [2.45, 2.75) is 51.7 Å². The standard InChI is InChI=1S/C19H23N3O4/c1-19(2,3)26-18(23)21-16-9-17(24-11-14-6-7-25-22-14)15(12-4-5-12)8-13(16)10-20/h6-10,12,20H,4-5,11H2,1-3H3,(H,21,23). The van der Waals surface area contributed by atoms with Crippen LogP contribution in [0.15, 0.2) is 29.0 Å². The van der Waals surface area contributed by atoms with Crippen LogP contribution in [-0.4, -0.2) is 23.1 Å². The van der Waals surface area contributed by atoms with Crippen molar-refractivity contribution in [3.63, 3.8) is 0 Å². The molecule has 0 atom stereocenters. The van der Waals surface area contributed by atoms with E-state index in [1.807, 2.05) is 6.07 Å². The van der Waals surface area contributed by atoms with Crippen molar-refractivity contribution in [3.05, 3.63) is 41.3 Å². The smallest absolute Gasteiger partial charge is 0.412 e. The molecule has 0 radical (unpaired) electrons. The van der Waals surface area contributed by atoms with E-state index in [4.69, 9.17) is 19.4 Å². The minimum absolute atomic E-state index is 0.270. The number of amides is 1. The molecule has 2 aromatic rings. The van der Waals surface area contributed by atoms with Crippen LogP contribution in [0.5, 0.6) is 5.75 Å². The zero-order chi connectivity index (χ0) is 18.7. The molecule has 0 spiro atoms. The van der Waals surface area contributed by atoms with Crippen molar-refractivity contribution in [2.24, 2.45) is 0 Å². The fraction of sp³-hybridized carbons (Fsp3) is 0.421. The summed E-state index contributed by atoms with van der Waals surface area (Å²) >= 11 is 0. The van der Waals surface area contributed by atoms with Gasteiger partial charge in [0.1, 0.15) is 29.9 Å². The minimum Gasteiger partial charge on any atom is -0.487 e. The Labute approximate surface area is 152 Å². The highest BCUT2D eigenvalue weighted by molar-refractivity contribution is 5.94. The second kappa shape index (κ2) is 7.19. The number of hydrogen-bond donors (Lipinski definition) is 2. The SMILES string of the molecule is CC(C)(C)OC(=O)Nc1cc(OCc2ccon2)c(C2CC2)cc1C=N. The predicted octanol–water partition coefficient (Wildman–Crippen LogP) is 4.48. The lowest BCUT2D eigenvalue weighted by molar-refractivity contribution is 0.0636. The topological polar surface area (TPSA) is 97.4 Å². The highest BCUT2D eigenvalue weighted by Crippen LogP contribution is 2.46. The number of rotatable bonds is 6. The Balaban J connectivity index is 1.84. The maximum atomic E-state index is 12.1. The lowest BCUT2D eigenvalue weighted by Gasteiger charge is -2.21. The summed E-state index contributed by atoms with van der Waals surface area (Å²) < 4.78 is 16.0. The number of ether oxygens (including phenoxy) is 2. The molecule has 2 N–H and O–H groups in total. The number of carbonyl (C=O) groups excluding carboxylic acids is 1. The van der Waals surface area contributed by atoms with E-state index in [0.717, 1.165) is 18.4 Å². The normalized spacial score (nSPS) is 14.0. The van der Waals surface area contributed by atoms with E-state index in [9.17, 15) is 4.79 Å². The van der Waals surface area contributed by atoms with Crippen LogP contribution in [0.4, 0.5) is 10.5 Å². The number of aromatic nitrogens is 1. The van der Waals surface area contributed by atoms with Crippen molar-refractivity contribution >= 4 is 18.0 Å². The molecule has 1 saturated carbocycles. The van der Waals surface area contributed by atoms with Crippen LogP contribution in [-0.2, 0) is 11.3 Å². The molecule has 0 aliphatic heterocycles. The van der Waals surface area contributed by atoms with E-state index in [0.29, 0.717) is 28.6 Å². The number of hydrogen-bond acceptors (Lipinski definition) is 6. The number of benzene rings is 1. The van der Waals surface area contributed by atoms with E-state index < -0.39 is 11.7 Å². The maximum absolute atomic E-state index is 12.1. The van der Waals surface area contributed by atoms with Crippen molar-refractivity contribution in [2.75, 3.05) is 5.32 Å². The van der Waals surface area contributed by atoms with E-state index in [1.54, 1.807) is 32.9 Å². The second-order valence-electron chi connectivity index (χ2n) is 7.30. The fourth-order valence-electron chi connectivity index (χ4n) is 2.56. The van der Waals surface area contributed by atoms with Gasteiger partial charge in [0.05, 0.1) is 5.69 Å². The molecule has 1 aromatic carbocycles. The summed E-state index contributed by atoms with van der Waals surface area (Å²) in [5.41, 5.74) is 2.22. The maximum Gasteiger partial charge on any atom is 0.412 e. The average molecular weight is 357 g/mol. The first kappa shape index (κ1) is 18.0. The Bertz CT molecular complexity index is 790. The predicted molar refractivity (Wildman–Crippen MR) is 97.0 cm³/mol. The molecule has 7 heteroatoms. The van der Waals surface area contributed by atoms with E-state index in [-0.39, 0.29) is 6.61 Å². The van der Waals surface area contributed by atoms with Gasteiger partial charge < -0.3 is 19.4 Å². The Kier molecular flexibility index (Phi) is 4.97. The summed E-state index contributed by atoms with van der Waals surface area (Å²) in [6.07, 6.45) is 4.34. The summed E-state index contributed by atoms with van der Waals surface area (Å²) in [5, 5.41) is 14.2. The number of anilines is 1. The van der Waals surface area contributed by atoms with Gasteiger partial charge in [-0.25, -0.2) is 4.79 Å². The van der Waals surface area contributed by atoms with Crippen LogP contribution < -0.4 is 10.1 Å². The first-order valence-electron chi connectivity index (χ1n) is 8.56. The highest BCUT2D eigenvalue weighted by Gasteiger charge is 2.28. The monoisotopic (exact) mass is 357 g/mol. The number of nitrogens with zero attached hydrogens (tertiary/aromatic N) is 1. The van der Waals surface area contributed by atoms with Crippen LogP contribution in [0.1, 0.15) is 56.4 Å². The molecule has 0 unspecified atom stereocenters. The summed E-state index contributed by atoms with van der Waals surface area (Å²) in [6.45, 7) is 5.66. The van der Waals surface area contributed by atoms with E-state index >= 15 is 0 Å². The van der Waals surface area contributed by atoms with Gasteiger partial charge in [-0.15, -0.1) is 0 Å². The molecule has 1 fully saturated rings. The molecule has 1 heterocycles. The molecular weight excluding hydrogens is 334 g/mol. The molecule has 0 bridgehead atoms. The molecule has 1 aliphatic rings. The molecule has 26 heavy (non-hydrogen) atoms. The molecule has 3 rings (SSSR count). The third kappa shape index (κ3) is 4.62. The van der Waals surface area contributed by atoms with Crippen LogP contribution in [0.3, 0.4) is 0 Å². The highest BCUT2D eigenvalue weighted by atomic mass is 16.6. The Morgan fingerprint density at radius 3 is 2.77 bits per heavy atom. The van der Waals surface area contributed by atoms with Gasteiger partial charge in [0.2, 0.25) is 0 Å². The third-order valence-electron chi connectivity index (χ3n) is 3.86. The van der Waals surface area contributed by atoms with Crippen molar-refractivity contribution in [1.82, 2.24) is 5.16 Å². The zero-order valence-electron chi connectivity index (χ0n) is 15.2. The Morgan fingerprint density at radius 2 is 2.19 bits per heavy atom. The summed E-state index contributed by atoms with van der Waals surface area (Å²) in [4.78, 5) is 12.1. The average Bonchev–Trinajstić information content (AvgIpc) is 3.26. The van der Waals surface area contributed by atoms with Gasteiger partial charge in [-0.05, 0) is 51.2 Å². The van der Waals surface area contributed by atoms with E-state index in [1.165, 1.54) is 12.5 Å². The number of nitrogens with one attached hydrogen (secondary N) is 2. The second-order valence-corrected chi connectivity index (χ2v) is 7.30. The first-order chi connectivity index (χ1) is 12.4. The molecule has 1 aromatic heterocycles. The molecule has 1 aliphatic carbocycles. The molecular formula is C19H23N3O4. The van der Waals surface area contributed by atoms with Gasteiger partial charge in [0.15, 0.2) is 0 Å². The van der Waals surface area contributed by atoms with Gasteiger partial charge in [-0.1, -0.05) is 5.16 Å². The van der Waals surface area contributed by atoms with Gasteiger partial charge in [-0.3, -0.25) is 5.32 Å². The molecule has 0 saturated heterocycles. The molecule has 7 nitrogen and oxygen atoms in total. The van der Waals surface area contributed by atoms with Crippen molar-refractivity contribution in [3.8, 4) is 5.75 Å². The summed E-state index contributed by atoms with van der Waals surface area (Å²) in [7, 11) is 0. The Morgan fingerprint density at radius 1 is 1.42 bits per heavy atom. The zero-order valence-corrected chi connectivity index (χ0v) is 15.2. The largest absolute Gasteiger partial charge is 0.487 e. The minimum atomic E-state index is -0.602. The Hall–Kier alpha value is -2.83. The van der Waals surface area contributed by atoms with Crippen LogP contribution in [0.25, 0.3) is 0 Å². The van der Waals surface area contributed by atoms with Gasteiger partial charge >= 0.3 is 6.09 Å². The van der Waals surface area contributed by atoms with Gasteiger partial charge in [-0.2, -0.15) is 0 Å². The van der Waals surface area contributed by atoms with Gasteiger partial charge in [0.25, 0.3) is 0 Å². The quantitative estimate of drug-likeness (QED) is 0.743. The summed E-state index contributed by atoms with van der Waals surface area (Å²) in [5.74, 6) is 1.10. The van der Waals surface area contributed by atoms with Crippen LogP contribution in [0, 0.1) is 5.41 Å².